The molecule has 1 rings (SSSR count). The number of hydrogen-bond acceptors (Lipinski definition) is 3. The molecule has 0 unspecified atom stereocenters. The summed E-state index contributed by atoms with van der Waals surface area (Å²) in [4.78, 5) is 7.28. The Balaban J connectivity index is 0.00000400. The van der Waals surface area contributed by atoms with E-state index in [2.05, 4.69) is 20.6 Å². The van der Waals surface area contributed by atoms with Crippen molar-refractivity contribution in [2.24, 2.45) is 4.99 Å². The van der Waals surface area contributed by atoms with Crippen molar-refractivity contribution in [3.63, 3.8) is 0 Å². The number of aliphatic imine (C=N–C) groups is 1. The zero-order chi connectivity index (χ0) is 15.2. The van der Waals surface area contributed by atoms with Crippen LogP contribution in [0.4, 0.5) is 22.0 Å². The van der Waals surface area contributed by atoms with Crippen molar-refractivity contribution >= 4 is 41.3 Å². The third-order valence-electron chi connectivity index (χ3n) is 1.98. The zero-order valence-corrected chi connectivity index (χ0v) is 14.0. The van der Waals surface area contributed by atoms with Crippen molar-refractivity contribution in [1.29, 1.82) is 0 Å². The second-order valence-corrected chi connectivity index (χ2v) is 4.53. The lowest BCUT2D eigenvalue weighted by Crippen LogP contribution is -2.39. The second-order valence-electron chi connectivity index (χ2n) is 3.59. The van der Waals surface area contributed by atoms with Gasteiger partial charge in [-0.2, -0.15) is 13.2 Å². The van der Waals surface area contributed by atoms with Gasteiger partial charge in [0.2, 0.25) is 0 Å². The molecule has 11 heteroatoms. The van der Waals surface area contributed by atoms with Crippen molar-refractivity contribution in [3.8, 4) is 0 Å². The molecule has 122 valence electrons. The Morgan fingerprint density at radius 1 is 1.38 bits per heavy atom. The van der Waals surface area contributed by atoms with Crippen LogP contribution >= 0.6 is 35.3 Å². The highest BCUT2D eigenvalue weighted by Crippen LogP contribution is 2.30. The molecule has 0 radical (unpaired) electrons. The van der Waals surface area contributed by atoms with Crippen LogP contribution in [-0.4, -0.2) is 30.5 Å². The van der Waals surface area contributed by atoms with Crippen LogP contribution in [-0.2, 0) is 12.7 Å². The first-order valence-corrected chi connectivity index (χ1v) is 6.52. The van der Waals surface area contributed by atoms with Crippen molar-refractivity contribution in [3.05, 3.63) is 16.1 Å². The first-order chi connectivity index (χ1) is 9.32. The highest BCUT2D eigenvalue weighted by atomic mass is 127. The molecule has 1 heterocycles. The molecule has 0 aromatic carbocycles. The Labute approximate surface area is 139 Å². The lowest BCUT2D eigenvalue weighted by atomic mass is 10.5. The molecule has 0 aliphatic rings. The van der Waals surface area contributed by atoms with Gasteiger partial charge in [0.25, 0.3) is 6.43 Å². The van der Waals surface area contributed by atoms with E-state index in [-0.39, 0.29) is 41.5 Å². The minimum Gasteiger partial charge on any atom is -0.357 e. The van der Waals surface area contributed by atoms with Crippen LogP contribution in [0.25, 0.3) is 0 Å². The zero-order valence-electron chi connectivity index (χ0n) is 10.9. The largest absolute Gasteiger partial charge is 0.434 e. The third-order valence-corrected chi connectivity index (χ3v) is 2.82. The van der Waals surface area contributed by atoms with E-state index >= 15 is 0 Å². The summed E-state index contributed by atoms with van der Waals surface area (Å²) in [6, 6.07) is 0. The van der Waals surface area contributed by atoms with Gasteiger partial charge >= 0.3 is 6.18 Å². The first-order valence-electron chi connectivity index (χ1n) is 5.64. The maximum absolute atomic E-state index is 12.3. The molecule has 0 bridgehead atoms. The van der Waals surface area contributed by atoms with Crippen molar-refractivity contribution < 1.29 is 22.0 Å². The lowest BCUT2D eigenvalue weighted by molar-refractivity contribution is -0.140. The Bertz CT molecular complexity index is 449. The number of thiazole rings is 1. The average Bonchev–Trinajstić information content (AvgIpc) is 2.81. The average molecular weight is 444 g/mol. The van der Waals surface area contributed by atoms with Crippen LogP contribution in [0.1, 0.15) is 17.6 Å². The van der Waals surface area contributed by atoms with Gasteiger partial charge in [-0.05, 0) is 6.92 Å². The van der Waals surface area contributed by atoms with Gasteiger partial charge in [0.1, 0.15) is 5.01 Å². The SMILES string of the molecule is CCNC(=NCc1nc(C(F)(F)F)cs1)NCC(F)F.I. The molecular weight excluding hydrogens is 430 g/mol. The smallest absolute Gasteiger partial charge is 0.357 e. The molecule has 0 saturated carbocycles. The Morgan fingerprint density at radius 2 is 2.05 bits per heavy atom. The summed E-state index contributed by atoms with van der Waals surface area (Å²) in [5.74, 6) is 0.108. The molecule has 21 heavy (non-hydrogen) atoms. The lowest BCUT2D eigenvalue weighted by Gasteiger charge is -2.10. The van der Waals surface area contributed by atoms with Crippen molar-refractivity contribution in [1.82, 2.24) is 15.6 Å². The molecule has 1 aromatic heterocycles. The molecule has 2 N–H and O–H groups in total. The van der Waals surface area contributed by atoms with Gasteiger partial charge in [-0.15, -0.1) is 35.3 Å². The number of rotatable bonds is 5. The van der Waals surface area contributed by atoms with E-state index in [1.807, 2.05) is 0 Å². The highest BCUT2D eigenvalue weighted by Gasteiger charge is 2.33. The van der Waals surface area contributed by atoms with Crippen LogP contribution in [0, 0.1) is 0 Å². The van der Waals surface area contributed by atoms with Gasteiger partial charge in [-0.25, -0.2) is 18.8 Å². The number of alkyl halides is 5. The van der Waals surface area contributed by atoms with Crippen LogP contribution in [0.15, 0.2) is 10.4 Å². The monoisotopic (exact) mass is 444 g/mol. The normalized spacial score (nSPS) is 12.2. The molecule has 0 atom stereocenters. The minimum atomic E-state index is -4.49. The molecule has 0 fully saturated rings. The fourth-order valence-electron chi connectivity index (χ4n) is 1.18. The Kier molecular flexibility index (Phi) is 9.01. The number of guanidine groups is 1. The predicted octanol–water partition coefficient (Wildman–Crippen LogP) is 3.10. The molecule has 0 aliphatic heterocycles. The molecule has 4 nitrogen and oxygen atoms in total. The Hall–Kier alpha value is -0.720. The number of nitrogens with zero attached hydrogens (tertiary/aromatic N) is 2. The van der Waals surface area contributed by atoms with Crippen LogP contribution in [0.3, 0.4) is 0 Å². The predicted molar refractivity (Wildman–Crippen MR) is 81.4 cm³/mol. The summed E-state index contributed by atoms with van der Waals surface area (Å²) in [5.41, 5.74) is -0.974. The van der Waals surface area contributed by atoms with Gasteiger partial charge in [-0.3, -0.25) is 0 Å². The highest BCUT2D eigenvalue weighted by molar-refractivity contribution is 14.0. The Morgan fingerprint density at radius 3 is 2.52 bits per heavy atom. The second kappa shape index (κ2) is 9.33. The van der Waals surface area contributed by atoms with Gasteiger partial charge < -0.3 is 10.6 Å². The summed E-state index contributed by atoms with van der Waals surface area (Å²) in [6.45, 7) is 1.49. The van der Waals surface area contributed by atoms with E-state index < -0.39 is 24.8 Å². The maximum Gasteiger partial charge on any atom is 0.434 e. The number of aromatic nitrogens is 1. The molecular formula is C10H14F5IN4S. The van der Waals surface area contributed by atoms with E-state index in [0.29, 0.717) is 6.54 Å². The van der Waals surface area contributed by atoms with E-state index in [4.69, 9.17) is 0 Å². The molecule has 0 aliphatic carbocycles. The fraction of sp³-hybridized carbons (Fsp3) is 0.600. The third kappa shape index (κ3) is 7.74. The van der Waals surface area contributed by atoms with E-state index in [1.165, 1.54) is 0 Å². The van der Waals surface area contributed by atoms with E-state index in [1.54, 1.807) is 6.92 Å². The molecule has 0 saturated heterocycles. The van der Waals surface area contributed by atoms with Gasteiger partial charge in [0.15, 0.2) is 11.7 Å². The van der Waals surface area contributed by atoms with E-state index in [0.717, 1.165) is 16.7 Å². The van der Waals surface area contributed by atoms with Crippen molar-refractivity contribution in [2.75, 3.05) is 13.1 Å². The fourth-order valence-corrected chi connectivity index (χ4v) is 1.90. The summed E-state index contributed by atoms with van der Waals surface area (Å²) < 4.78 is 61.1. The maximum atomic E-state index is 12.3. The first kappa shape index (κ1) is 20.3. The van der Waals surface area contributed by atoms with Crippen LogP contribution < -0.4 is 10.6 Å². The number of halogens is 6. The van der Waals surface area contributed by atoms with E-state index in [9.17, 15) is 22.0 Å². The molecule has 0 amide bonds. The minimum absolute atomic E-state index is 0. The summed E-state index contributed by atoms with van der Waals surface area (Å²) >= 11 is 0.819. The molecule has 1 aromatic rings. The summed E-state index contributed by atoms with van der Waals surface area (Å²) in [7, 11) is 0. The van der Waals surface area contributed by atoms with Gasteiger partial charge in [0, 0.05) is 11.9 Å². The quantitative estimate of drug-likeness (QED) is 0.318. The topological polar surface area (TPSA) is 49.3 Å². The van der Waals surface area contributed by atoms with Crippen LogP contribution in [0.5, 0.6) is 0 Å². The number of hydrogen-bond donors (Lipinski definition) is 2. The van der Waals surface area contributed by atoms with Crippen LogP contribution in [0.2, 0.25) is 0 Å². The summed E-state index contributed by atoms with van der Waals surface area (Å²) in [6.07, 6.45) is -7.03. The van der Waals surface area contributed by atoms with Crippen molar-refractivity contribution in [2.45, 2.75) is 26.1 Å². The standard InChI is InChI=1S/C10H13F5N4S.HI/c1-2-16-9(17-3-7(11)12)18-4-8-19-6(5-20-8)10(13,14)15;/h5,7H,2-4H2,1H3,(H2,16,17,18);1H. The van der Waals surface area contributed by atoms with Gasteiger partial charge in [-0.1, -0.05) is 0 Å². The summed E-state index contributed by atoms with van der Waals surface area (Å²) in [5, 5.41) is 6.13. The molecule has 0 spiro atoms. The number of nitrogens with one attached hydrogen (secondary N) is 2. The van der Waals surface area contributed by atoms with Gasteiger partial charge in [0.05, 0.1) is 13.1 Å².